The Morgan fingerprint density at radius 3 is 2.47 bits per heavy atom. The van der Waals surface area contributed by atoms with Gasteiger partial charge in [0, 0.05) is 11.5 Å². The van der Waals surface area contributed by atoms with Gasteiger partial charge in [0.15, 0.2) is 5.82 Å². The molecule has 2 aromatic carbocycles. The zero-order valence-corrected chi connectivity index (χ0v) is 17.0. The van der Waals surface area contributed by atoms with Crippen LogP contribution in [0.4, 0.5) is 14.6 Å². The first-order valence-electron chi connectivity index (χ1n) is 9.74. The van der Waals surface area contributed by atoms with Gasteiger partial charge in [-0.25, -0.2) is 18.4 Å². The van der Waals surface area contributed by atoms with Gasteiger partial charge in [-0.1, -0.05) is 24.3 Å². The van der Waals surface area contributed by atoms with Gasteiger partial charge in [0.05, 0.1) is 23.3 Å². The standard InChI is InChI=1S/C22H18F2N6O2/c1-2-19-21(28-29-30(19)11-12-3-5-13(23)6-4-12)27-22(32)18-10-16(20(25)31)15-8-7-14(24)9-17(15)26-18/h3-10H,2,11H2,1H3,(H2,25,31)(H,27,32). The lowest BCUT2D eigenvalue weighted by molar-refractivity contribution is 0.100. The Morgan fingerprint density at radius 2 is 1.78 bits per heavy atom. The Balaban J connectivity index is 1.64. The molecule has 8 nitrogen and oxygen atoms in total. The second kappa shape index (κ2) is 8.50. The van der Waals surface area contributed by atoms with Crippen LogP contribution in [0.1, 0.15) is 39.0 Å². The number of nitrogens with one attached hydrogen (secondary N) is 1. The van der Waals surface area contributed by atoms with Gasteiger partial charge in [-0.2, -0.15) is 0 Å². The third-order valence-corrected chi connectivity index (χ3v) is 4.92. The summed E-state index contributed by atoms with van der Waals surface area (Å²) < 4.78 is 28.4. The topological polar surface area (TPSA) is 116 Å². The summed E-state index contributed by atoms with van der Waals surface area (Å²) in [5.74, 6) is -2.09. The molecular formula is C22H18F2N6O2. The molecule has 0 spiro atoms. The highest BCUT2D eigenvalue weighted by Crippen LogP contribution is 2.21. The number of primary amides is 1. The number of hydrogen-bond acceptors (Lipinski definition) is 5. The van der Waals surface area contributed by atoms with Crippen LogP contribution >= 0.6 is 0 Å². The lowest BCUT2D eigenvalue weighted by Crippen LogP contribution is -2.18. The fourth-order valence-corrected chi connectivity index (χ4v) is 3.36. The van der Waals surface area contributed by atoms with Crippen LogP contribution in [0.3, 0.4) is 0 Å². The Labute approximate surface area is 181 Å². The molecule has 0 atom stereocenters. The first-order valence-corrected chi connectivity index (χ1v) is 9.74. The monoisotopic (exact) mass is 436 g/mol. The van der Waals surface area contributed by atoms with Gasteiger partial charge < -0.3 is 11.1 Å². The predicted octanol–water partition coefficient (Wildman–Crippen LogP) is 3.07. The van der Waals surface area contributed by atoms with Crippen molar-refractivity contribution in [1.29, 1.82) is 0 Å². The normalized spacial score (nSPS) is 11.0. The number of carbonyl (C=O) groups is 2. The number of pyridine rings is 1. The van der Waals surface area contributed by atoms with E-state index in [2.05, 4.69) is 20.6 Å². The van der Waals surface area contributed by atoms with Crippen molar-refractivity contribution in [3.63, 3.8) is 0 Å². The summed E-state index contributed by atoms with van der Waals surface area (Å²) in [4.78, 5) is 28.9. The van der Waals surface area contributed by atoms with Gasteiger partial charge in [0.2, 0.25) is 5.91 Å². The molecule has 0 radical (unpaired) electrons. The average molecular weight is 436 g/mol. The molecule has 3 N–H and O–H groups in total. The minimum absolute atomic E-state index is 0.0517. The number of aromatic nitrogens is 4. The van der Waals surface area contributed by atoms with Gasteiger partial charge in [0.25, 0.3) is 5.91 Å². The molecule has 10 heteroatoms. The molecule has 0 saturated carbocycles. The van der Waals surface area contributed by atoms with Crippen molar-refractivity contribution < 1.29 is 18.4 Å². The third-order valence-electron chi connectivity index (χ3n) is 4.92. The van der Waals surface area contributed by atoms with Crippen LogP contribution in [0, 0.1) is 11.6 Å². The van der Waals surface area contributed by atoms with Crippen molar-refractivity contribution >= 4 is 28.5 Å². The molecule has 162 valence electrons. The van der Waals surface area contributed by atoms with Crippen LogP contribution in [0.25, 0.3) is 10.9 Å². The molecule has 4 rings (SSSR count). The molecule has 2 amide bonds. The molecule has 0 aliphatic heterocycles. The number of hydrogen-bond donors (Lipinski definition) is 2. The van der Waals surface area contributed by atoms with Crippen LogP contribution in [-0.2, 0) is 13.0 Å². The minimum Gasteiger partial charge on any atom is -0.366 e. The van der Waals surface area contributed by atoms with Gasteiger partial charge in [0.1, 0.15) is 17.3 Å². The number of amides is 2. The number of anilines is 1. The van der Waals surface area contributed by atoms with E-state index in [0.29, 0.717) is 24.0 Å². The number of rotatable bonds is 6. The van der Waals surface area contributed by atoms with Crippen LogP contribution in [-0.4, -0.2) is 31.8 Å². The van der Waals surface area contributed by atoms with E-state index in [1.807, 2.05) is 6.92 Å². The maximum atomic E-state index is 13.7. The maximum Gasteiger partial charge on any atom is 0.275 e. The van der Waals surface area contributed by atoms with Gasteiger partial charge in [-0.15, -0.1) is 5.10 Å². The van der Waals surface area contributed by atoms with Crippen LogP contribution in [0.15, 0.2) is 48.5 Å². The number of halogens is 2. The molecule has 2 aromatic heterocycles. The van der Waals surface area contributed by atoms with Crippen molar-refractivity contribution in [3.05, 3.63) is 82.7 Å². The van der Waals surface area contributed by atoms with E-state index in [-0.39, 0.29) is 28.4 Å². The Bertz CT molecular complexity index is 1330. The fraction of sp³-hybridized carbons (Fsp3) is 0.136. The van der Waals surface area contributed by atoms with E-state index in [1.54, 1.807) is 16.8 Å². The lowest BCUT2D eigenvalue weighted by Gasteiger charge is -2.09. The molecule has 0 saturated heterocycles. The quantitative estimate of drug-likeness (QED) is 0.482. The summed E-state index contributed by atoms with van der Waals surface area (Å²) >= 11 is 0. The van der Waals surface area contributed by atoms with Crippen molar-refractivity contribution in [2.75, 3.05) is 5.32 Å². The van der Waals surface area contributed by atoms with Crippen molar-refractivity contribution in [1.82, 2.24) is 20.0 Å². The van der Waals surface area contributed by atoms with Crippen LogP contribution < -0.4 is 11.1 Å². The summed E-state index contributed by atoms with van der Waals surface area (Å²) in [5.41, 5.74) is 6.95. The van der Waals surface area contributed by atoms with E-state index in [4.69, 9.17) is 5.73 Å². The zero-order valence-electron chi connectivity index (χ0n) is 17.0. The number of fused-ring (bicyclic) bond motifs is 1. The summed E-state index contributed by atoms with van der Waals surface area (Å²) in [6, 6.07) is 10.9. The van der Waals surface area contributed by atoms with Crippen LogP contribution in [0.2, 0.25) is 0 Å². The molecule has 32 heavy (non-hydrogen) atoms. The summed E-state index contributed by atoms with van der Waals surface area (Å²) in [6.07, 6.45) is 0.507. The second-order valence-electron chi connectivity index (χ2n) is 7.06. The Morgan fingerprint density at radius 1 is 1.06 bits per heavy atom. The molecule has 0 aliphatic carbocycles. The Kier molecular flexibility index (Phi) is 5.59. The van der Waals surface area contributed by atoms with E-state index in [9.17, 15) is 18.4 Å². The second-order valence-corrected chi connectivity index (χ2v) is 7.06. The number of carbonyl (C=O) groups excluding carboxylic acids is 2. The summed E-state index contributed by atoms with van der Waals surface area (Å²) in [5, 5.41) is 11.1. The SMILES string of the molecule is CCc1c(NC(=O)c2cc(C(N)=O)c3ccc(F)cc3n2)nnn1Cc1ccc(F)cc1. The van der Waals surface area contributed by atoms with Crippen molar-refractivity contribution in [2.45, 2.75) is 19.9 Å². The predicted molar refractivity (Wildman–Crippen MR) is 113 cm³/mol. The van der Waals surface area contributed by atoms with Crippen molar-refractivity contribution in [2.24, 2.45) is 5.73 Å². The largest absolute Gasteiger partial charge is 0.366 e. The molecule has 0 unspecified atom stereocenters. The number of nitrogens with zero attached hydrogens (tertiary/aromatic N) is 4. The molecule has 4 aromatic rings. The first-order chi connectivity index (χ1) is 15.4. The summed E-state index contributed by atoms with van der Waals surface area (Å²) in [7, 11) is 0. The van der Waals surface area contributed by atoms with E-state index < -0.39 is 17.6 Å². The first kappa shape index (κ1) is 21.0. The molecule has 2 heterocycles. The molecular weight excluding hydrogens is 418 g/mol. The fourth-order valence-electron chi connectivity index (χ4n) is 3.36. The lowest BCUT2D eigenvalue weighted by atomic mass is 10.1. The third kappa shape index (κ3) is 4.15. The van der Waals surface area contributed by atoms with E-state index >= 15 is 0 Å². The zero-order chi connectivity index (χ0) is 22.8. The highest BCUT2D eigenvalue weighted by atomic mass is 19.1. The van der Waals surface area contributed by atoms with Gasteiger partial charge in [-0.05, 0) is 42.3 Å². The molecule has 0 bridgehead atoms. The minimum atomic E-state index is -0.766. The van der Waals surface area contributed by atoms with Gasteiger partial charge in [-0.3, -0.25) is 9.59 Å². The van der Waals surface area contributed by atoms with E-state index in [1.165, 1.54) is 30.3 Å². The number of nitrogens with two attached hydrogens (primary N) is 1. The smallest absolute Gasteiger partial charge is 0.275 e. The highest BCUT2D eigenvalue weighted by molar-refractivity contribution is 6.10. The number of benzene rings is 2. The average Bonchev–Trinajstić information content (AvgIpc) is 3.14. The van der Waals surface area contributed by atoms with Gasteiger partial charge >= 0.3 is 0 Å². The Hall–Kier alpha value is -4.21. The molecule has 0 fully saturated rings. The molecule has 0 aliphatic rings. The van der Waals surface area contributed by atoms with Crippen molar-refractivity contribution in [3.8, 4) is 0 Å². The maximum absolute atomic E-state index is 13.7. The van der Waals surface area contributed by atoms with E-state index in [0.717, 1.165) is 11.6 Å². The highest BCUT2D eigenvalue weighted by Gasteiger charge is 2.19. The summed E-state index contributed by atoms with van der Waals surface area (Å²) in [6.45, 7) is 2.21. The van der Waals surface area contributed by atoms with Crippen LogP contribution in [0.5, 0.6) is 0 Å².